The highest BCUT2D eigenvalue weighted by Gasteiger charge is 2.01. The molecule has 1 amide bonds. The first-order valence-corrected chi connectivity index (χ1v) is 5.64. The lowest BCUT2D eigenvalue weighted by Gasteiger charge is -2.10. The number of amides is 1. The Morgan fingerprint density at radius 1 is 1.27 bits per heavy atom. The molecule has 0 atom stereocenters. The van der Waals surface area contributed by atoms with Crippen molar-refractivity contribution in [2.45, 2.75) is 46.3 Å². The lowest BCUT2D eigenvalue weighted by Crippen LogP contribution is -2.32. The first-order chi connectivity index (χ1) is 7.02. The van der Waals surface area contributed by atoms with Gasteiger partial charge in [-0.3, -0.25) is 4.79 Å². The Labute approximate surface area is 95.7 Å². The topological polar surface area (TPSA) is 50.4 Å². The molecule has 15 heavy (non-hydrogen) atoms. The maximum absolute atomic E-state index is 11.3. The smallest absolute Gasteiger partial charge is 0.221 e. The number of ether oxygens (including phenoxy) is 1. The first kappa shape index (κ1) is 14.4. The highest BCUT2D eigenvalue weighted by Crippen LogP contribution is 1.86. The van der Waals surface area contributed by atoms with Crippen molar-refractivity contribution >= 4 is 5.91 Å². The molecule has 94 valence electrons. The number of carbonyl (C=O) groups is 1. The summed E-state index contributed by atoms with van der Waals surface area (Å²) >= 11 is 0. The van der Waals surface area contributed by atoms with Crippen molar-refractivity contribution in [1.82, 2.24) is 10.6 Å². The van der Waals surface area contributed by atoms with Gasteiger partial charge in [-0.15, -0.1) is 0 Å². The van der Waals surface area contributed by atoms with Crippen LogP contribution in [0, 0.1) is 0 Å². The Balaban J connectivity index is -0.000000980. The molecule has 4 nitrogen and oxygen atoms in total. The summed E-state index contributed by atoms with van der Waals surface area (Å²) in [5.41, 5.74) is 0. The van der Waals surface area contributed by atoms with E-state index in [1.807, 2.05) is 13.8 Å². The molecule has 4 heteroatoms. The molecular weight excluding hydrogens is 192 g/mol. The molecule has 0 heterocycles. The Hall–Kier alpha value is -0.610. The summed E-state index contributed by atoms with van der Waals surface area (Å²) < 4.78 is 5.30. The van der Waals surface area contributed by atoms with E-state index in [-0.39, 0.29) is 14.9 Å². The first-order valence-electron chi connectivity index (χ1n) is 5.64. The van der Waals surface area contributed by atoms with Crippen molar-refractivity contribution in [3.63, 3.8) is 0 Å². The molecule has 0 aromatic carbocycles. The van der Waals surface area contributed by atoms with Crippen LogP contribution in [0.4, 0.5) is 0 Å². The van der Waals surface area contributed by atoms with Gasteiger partial charge in [-0.1, -0.05) is 13.8 Å². The third-order valence-electron chi connectivity index (χ3n) is 1.78. The maximum Gasteiger partial charge on any atom is 0.221 e. The van der Waals surface area contributed by atoms with E-state index in [9.17, 15) is 4.79 Å². The Kier molecular flexibility index (Phi) is 8.33. The number of nitrogens with one attached hydrogen (secondary N) is 2. The van der Waals surface area contributed by atoms with Crippen LogP contribution in [-0.4, -0.2) is 37.7 Å². The van der Waals surface area contributed by atoms with E-state index in [2.05, 4.69) is 24.5 Å². The summed E-state index contributed by atoms with van der Waals surface area (Å²) in [7, 11) is 0. The summed E-state index contributed by atoms with van der Waals surface area (Å²) in [4.78, 5) is 11.3. The van der Waals surface area contributed by atoms with Crippen LogP contribution < -0.4 is 10.6 Å². The number of hydrogen-bond donors (Lipinski definition) is 2. The molecular formula is C11H28N2O2. The van der Waals surface area contributed by atoms with Gasteiger partial charge < -0.3 is 15.4 Å². The molecule has 0 aromatic rings. The fourth-order valence-electron chi connectivity index (χ4n) is 1.05. The molecule has 0 unspecified atom stereocenters. The minimum absolute atomic E-state index is 0. The standard InChI is InChI=1S/C11H24N2O2.2H2/c1-9(2)12-6-5-11(14)13-7-8-15-10(3)4;;/h9-10,12H,5-8H2,1-4H3,(H,13,14);2*1H. The van der Waals surface area contributed by atoms with E-state index in [0.29, 0.717) is 25.6 Å². The van der Waals surface area contributed by atoms with Crippen LogP contribution in [0.25, 0.3) is 0 Å². The summed E-state index contributed by atoms with van der Waals surface area (Å²) in [6, 6.07) is 0.432. The fraction of sp³-hybridized carbons (Fsp3) is 0.909. The summed E-state index contributed by atoms with van der Waals surface area (Å²) in [5, 5.41) is 6.00. The van der Waals surface area contributed by atoms with Crippen LogP contribution >= 0.6 is 0 Å². The SMILES string of the molecule is CC(C)NCCC(=O)NCCOC(C)C.[HH].[HH]. The van der Waals surface area contributed by atoms with Crippen molar-refractivity contribution in [2.24, 2.45) is 0 Å². The monoisotopic (exact) mass is 220 g/mol. The van der Waals surface area contributed by atoms with Crippen LogP contribution in [0.3, 0.4) is 0 Å². The van der Waals surface area contributed by atoms with Crippen molar-refractivity contribution < 1.29 is 12.4 Å². The lowest BCUT2D eigenvalue weighted by molar-refractivity contribution is -0.121. The molecule has 0 fully saturated rings. The minimum Gasteiger partial charge on any atom is -0.377 e. The van der Waals surface area contributed by atoms with Gasteiger partial charge in [0.1, 0.15) is 0 Å². The quantitative estimate of drug-likeness (QED) is 0.608. The molecule has 0 rings (SSSR count). The third-order valence-corrected chi connectivity index (χ3v) is 1.78. The van der Waals surface area contributed by atoms with Crippen molar-refractivity contribution in [1.29, 1.82) is 0 Å². The van der Waals surface area contributed by atoms with Gasteiger partial charge in [0.2, 0.25) is 5.91 Å². The lowest BCUT2D eigenvalue weighted by atomic mass is 10.3. The third kappa shape index (κ3) is 11.3. The molecule has 0 bridgehead atoms. The molecule has 0 saturated heterocycles. The molecule has 0 radical (unpaired) electrons. The summed E-state index contributed by atoms with van der Waals surface area (Å²) in [5.74, 6) is 0.0792. The Morgan fingerprint density at radius 3 is 2.47 bits per heavy atom. The summed E-state index contributed by atoms with van der Waals surface area (Å²) in [6.07, 6.45) is 0.754. The van der Waals surface area contributed by atoms with Crippen molar-refractivity contribution in [3.05, 3.63) is 0 Å². The zero-order valence-corrected chi connectivity index (χ0v) is 10.3. The zero-order valence-electron chi connectivity index (χ0n) is 10.3. The van der Waals surface area contributed by atoms with Crippen molar-refractivity contribution in [3.8, 4) is 0 Å². The van der Waals surface area contributed by atoms with E-state index in [1.54, 1.807) is 0 Å². The highest BCUT2D eigenvalue weighted by atomic mass is 16.5. The minimum atomic E-state index is 0. The second kappa shape index (κ2) is 8.68. The number of rotatable bonds is 8. The van der Waals surface area contributed by atoms with Gasteiger partial charge in [-0.25, -0.2) is 0 Å². The van der Waals surface area contributed by atoms with Gasteiger partial charge in [0.25, 0.3) is 0 Å². The van der Waals surface area contributed by atoms with E-state index in [4.69, 9.17) is 4.74 Å². The van der Waals surface area contributed by atoms with Gasteiger partial charge in [-0.05, 0) is 13.8 Å². The zero-order chi connectivity index (χ0) is 11.7. The normalized spacial score (nSPS) is 11.1. The average Bonchev–Trinajstić information content (AvgIpc) is 2.11. The van der Waals surface area contributed by atoms with E-state index < -0.39 is 0 Å². The van der Waals surface area contributed by atoms with E-state index >= 15 is 0 Å². The van der Waals surface area contributed by atoms with Crippen LogP contribution in [0.1, 0.15) is 37.0 Å². The highest BCUT2D eigenvalue weighted by molar-refractivity contribution is 5.75. The molecule has 0 spiro atoms. The predicted octanol–water partition coefficient (Wildman–Crippen LogP) is 1.41. The van der Waals surface area contributed by atoms with Gasteiger partial charge in [-0.2, -0.15) is 0 Å². The fourth-order valence-corrected chi connectivity index (χ4v) is 1.05. The molecule has 2 N–H and O–H groups in total. The van der Waals surface area contributed by atoms with Crippen LogP contribution in [0.5, 0.6) is 0 Å². The van der Waals surface area contributed by atoms with Crippen LogP contribution in [0.2, 0.25) is 0 Å². The Bertz CT molecular complexity index is 179. The predicted molar refractivity (Wildman–Crippen MR) is 66.1 cm³/mol. The molecule has 0 aliphatic rings. The molecule has 0 aliphatic carbocycles. The van der Waals surface area contributed by atoms with Crippen LogP contribution in [0.15, 0.2) is 0 Å². The largest absolute Gasteiger partial charge is 0.377 e. The molecule has 0 aromatic heterocycles. The van der Waals surface area contributed by atoms with Gasteiger partial charge in [0.05, 0.1) is 12.7 Å². The van der Waals surface area contributed by atoms with Gasteiger partial charge in [0, 0.05) is 28.4 Å². The molecule has 0 aliphatic heterocycles. The summed E-state index contributed by atoms with van der Waals surface area (Å²) in [6.45, 7) is 10.00. The van der Waals surface area contributed by atoms with Gasteiger partial charge in [0.15, 0.2) is 0 Å². The van der Waals surface area contributed by atoms with Crippen LogP contribution in [-0.2, 0) is 9.53 Å². The van der Waals surface area contributed by atoms with Gasteiger partial charge >= 0.3 is 0 Å². The number of hydrogen-bond acceptors (Lipinski definition) is 3. The van der Waals surface area contributed by atoms with Crippen molar-refractivity contribution in [2.75, 3.05) is 19.7 Å². The maximum atomic E-state index is 11.3. The second-order valence-corrected chi connectivity index (χ2v) is 4.13. The van der Waals surface area contributed by atoms with E-state index in [1.165, 1.54) is 0 Å². The average molecular weight is 220 g/mol. The second-order valence-electron chi connectivity index (χ2n) is 4.13. The Morgan fingerprint density at radius 2 is 1.93 bits per heavy atom. The van der Waals surface area contributed by atoms with E-state index in [0.717, 1.165) is 6.54 Å². The number of carbonyl (C=O) groups excluding carboxylic acids is 1. The molecule has 0 saturated carbocycles.